The lowest BCUT2D eigenvalue weighted by atomic mass is 9.95. The minimum Gasteiger partial charge on any atom is -0.394 e. The first kappa shape index (κ1) is 44.2. The molecule has 0 radical (unpaired) electrons. The maximum atomic E-state index is 12.9. The van der Waals surface area contributed by atoms with E-state index in [9.17, 15) is 15.0 Å². The van der Waals surface area contributed by atoms with Crippen molar-refractivity contribution in [1.29, 1.82) is 0 Å². The van der Waals surface area contributed by atoms with Crippen molar-refractivity contribution < 1.29 is 52.9 Å². The molecule has 61 heavy (non-hydrogen) atoms. The van der Waals surface area contributed by atoms with E-state index in [-0.39, 0.29) is 39.6 Å². The van der Waals surface area contributed by atoms with Crippen molar-refractivity contribution in [2.75, 3.05) is 13.2 Å². The van der Waals surface area contributed by atoms with E-state index >= 15 is 0 Å². The predicted octanol–water partition coefficient (Wildman–Crippen LogP) is 5.87. The van der Waals surface area contributed by atoms with Crippen LogP contribution >= 0.6 is 0 Å². The maximum Gasteiger partial charge on any atom is 0.217 e. The SMILES string of the molecule is CC(=O)N[C@H]1[C@H](O[C@@H]2O[C@H](CO)[C@H](OCc3ccccc3)[C@H](OCc3ccccc3)[C@H]2OCc2ccccc2)O[C@H](COCc2ccccc2)[C@@H](O)[C@@H]1OCc1ccccc1. The molecule has 12 heteroatoms. The topological polar surface area (TPSA) is 143 Å². The van der Waals surface area contributed by atoms with Crippen LogP contribution < -0.4 is 5.32 Å². The van der Waals surface area contributed by atoms with Gasteiger partial charge in [0.2, 0.25) is 5.91 Å². The summed E-state index contributed by atoms with van der Waals surface area (Å²) < 4.78 is 52.6. The van der Waals surface area contributed by atoms with Crippen molar-refractivity contribution in [3.63, 3.8) is 0 Å². The Kier molecular flexibility index (Phi) is 16.6. The van der Waals surface area contributed by atoms with Gasteiger partial charge in [-0.2, -0.15) is 0 Å². The third-order valence-corrected chi connectivity index (χ3v) is 10.6. The van der Waals surface area contributed by atoms with Crippen molar-refractivity contribution in [1.82, 2.24) is 5.32 Å². The Hall–Kier alpha value is -4.83. The number of carbonyl (C=O) groups is 1. The van der Waals surface area contributed by atoms with Gasteiger partial charge in [0.05, 0.1) is 46.2 Å². The zero-order valence-corrected chi connectivity index (χ0v) is 34.2. The van der Waals surface area contributed by atoms with E-state index in [1.54, 1.807) is 0 Å². The summed E-state index contributed by atoms with van der Waals surface area (Å²) in [7, 11) is 0. The molecular weight excluding hydrogens is 779 g/mol. The molecule has 1 amide bonds. The van der Waals surface area contributed by atoms with Gasteiger partial charge < -0.3 is 53.4 Å². The monoisotopic (exact) mass is 833 g/mol. The zero-order valence-electron chi connectivity index (χ0n) is 34.2. The molecule has 0 bridgehead atoms. The number of amides is 1. The maximum absolute atomic E-state index is 12.9. The van der Waals surface area contributed by atoms with Gasteiger partial charge in [-0.3, -0.25) is 4.79 Å². The number of hydrogen-bond donors (Lipinski definition) is 3. The molecule has 322 valence electrons. The first-order chi connectivity index (χ1) is 29.9. The quantitative estimate of drug-likeness (QED) is 0.0867. The molecule has 2 heterocycles. The van der Waals surface area contributed by atoms with Crippen LogP contribution in [0.3, 0.4) is 0 Å². The number of benzene rings is 5. The van der Waals surface area contributed by atoms with Crippen LogP contribution in [-0.2, 0) is 75.7 Å². The third kappa shape index (κ3) is 12.6. The zero-order chi connectivity index (χ0) is 42.2. The molecule has 2 fully saturated rings. The molecular formula is C49H55NO11. The average Bonchev–Trinajstić information content (AvgIpc) is 3.30. The highest BCUT2D eigenvalue weighted by Crippen LogP contribution is 2.34. The van der Waals surface area contributed by atoms with E-state index in [0.29, 0.717) is 0 Å². The second-order valence-electron chi connectivity index (χ2n) is 15.2. The molecule has 0 aromatic heterocycles. The van der Waals surface area contributed by atoms with Crippen molar-refractivity contribution in [3.8, 4) is 0 Å². The predicted molar refractivity (Wildman–Crippen MR) is 225 cm³/mol. The molecule has 0 aliphatic carbocycles. The van der Waals surface area contributed by atoms with Crippen LogP contribution in [0.4, 0.5) is 0 Å². The second kappa shape index (κ2) is 22.9. The van der Waals surface area contributed by atoms with Crippen molar-refractivity contribution in [2.24, 2.45) is 0 Å². The smallest absolute Gasteiger partial charge is 0.217 e. The van der Waals surface area contributed by atoms with Gasteiger partial charge >= 0.3 is 0 Å². The molecule has 7 rings (SSSR count). The van der Waals surface area contributed by atoms with Crippen LogP contribution in [-0.4, -0.2) is 90.7 Å². The Morgan fingerprint density at radius 2 is 0.918 bits per heavy atom. The summed E-state index contributed by atoms with van der Waals surface area (Å²) in [6.07, 6.45) is -9.25. The molecule has 2 saturated heterocycles. The highest BCUT2D eigenvalue weighted by Gasteiger charge is 2.53. The fourth-order valence-electron chi connectivity index (χ4n) is 7.53. The Labute approximate surface area is 357 Å². The van der Waals surface area contributed by atoms with Gasteiger partial charge in [-0.1, -0.05) is 152 Å². The summed E-state index contributed by atoms with van der Waals surface area (Å²) in [5.74, 6) is -0.394. The molecule has 12 nitrogen and oxygen atoms in total. The number of rotatable bonds is 20. The number of nitrogens with one attached hydrogen (secondary N) is 1. The molecule has 3 N–H and O–H groups in total. The molecule has 0 spiro atoms. The number of aliphatic hydroxyl groups is 2. The number of aliphatic hydroxyl groups excluding tert-OH is 2. The number of hydrogen-bond acceptors (Lipinski definition) is 11. The van der Waals surface area contributed by atoms with E-state index in [1.807, 2.05) is 152 Å². The van der Waals surface area contributed by atoms with Crippen molar-refractivity contribution >= 4 is 5.91 Å². The fourth-order valence-corrected chi connectivity index (χ4v) is 7.53. The highest BCUT2D eigenvalue weighted by molar-refractivity contribution is 5.73. The van der Waals surface area contributed by atoms with Crippen LogP contribution in [0.5, 0.6) is 0 Å². The Bertz CT molecular complexity index is 2000. The fraction of sp³-hybridized carbons (Fsp3) is 0.367. The van der Waals surface area contributed by atoms with E-state index in [0.717, 1.165) is 27.8 Å². The lowest BCUT2D eigenvalue weighted by Gasteiger charge is -2.49. The van der Waals surface area contributed by atoms with Crippen molar-refractivity contribution in [2.45, 2.75) is 101 Å². The summed E-state index contributed by atoms with van der Waals surface area (Å²) in [5, 5.41) is 25.7. The van der Waals surface area contributed by atoms with Gasteiger partial charge in [0.15, 0.2) is 12.6 Å². The first-order valence-electron chi connectivity index (χ1n) is 20.7. The summed E-state index contributed by atoms with van der Waals surface area (Å²) in [5.41, 5.74) is 4.56. The third-order valence-electron chi connectivity index (χ3n) is 10.6. The Morgan fingerprint density at radius 1 is 0.525 bits per heavy atom. The van der Waals surface area contributed by atoms with Gasteiger partial charge in [-0.25, -0.2) is 0 Å². The van der Waals surface area contributed by atoms with E-state index in [4.69, 9.17) is 37.9 Å². The summed E-state index contributed by atoms with van der Waals surface area (Å²) >= 11 is 0. The van der Waals surface area contributed by atoms with Crippen LogP contribution in [0.2, 0.25) is 0 Å². The minimum absolute atomic E-state index is 0.0230. The number of ether oxygens (including phenoxy) is 8. The molecule has 5 aromatic carbocycles. The van der Waals surface area contributed by atoms with Crippen LogP contribution in [0.15, 0.2) is 152 Å². The normalized spacial score (nSPS) is 26.4. The molecule has 0 saturated carbocycles. The first-order valence-corrected chi connectivity index (χ1v) is 20.7. The van der Waals surface area contributed by atoms with Crippen LogP contribution in [0.1, 0.15) is 34.7 Å². The molecule has 0 unspecified atom stereocenters. The van der Waals surface area contributed by atoms with E-state index in [2.05, 4.69) is 5.32 Å². The van der Waals surface area contributed by atoms with Gasteiger partial charge in [0.25, 0.3) is 0 Å². The Balaban J connectivity index is 1.21. The largest absolute Gasteiger partial charge is 0.394 e. The van der Waals surface area contributed by atoms with E-state index < -0.39 is 73.9 Å². The van der Waals surface area contributed by atoms with E-state index in [1.165, 1.54) is 6.92 Å². The summed E-state index contributed by atoms with van der Waals surface area (Å²) in [4.78, 5) is 12.9. The number of carbonyl (C=O) groups excluding carboxylic acids is 1. The van der Waals surface area contributed by atoms with Crippen LogP contribution in [0.25, 0.3) is 0 Å². The van der Waals surface area contributed by atoms with Gasteiger partial charge in [0, 0.05) is 6.92 Å². The molecule has 5 aromatic rings. The molecule has 2 aliphatic heterocycles. The van der Waals surface area contributed by atoms with Gasteiger partial charge in [-0.15, -0.1) is 0 Å². The average molecular weight is 834 g/mol. The summed E-state index contributed by atoms with van der Waals surface area (Å²) in [6, 6.07) is 47.3. The van der Waals surface area contributed by atoms with Crippen molar-refractivity contribution in [3.05, 3.63) is 179 Å². The van der Waals surface area contributed by atoms with Gasteiger partial charge in [0.1, 0.15) is 48.8 Å². The molecule has 10 atom stereocenters. The summed E-state index contributed by atoms with van der Waals surface area (Å²) in [6.45, 7) is 1.89. The van der Waals surface area contributed by atoms with Gasteiger partial charge in [-0.05, 0) is 27.8 Å². The lowest BCUT2D eigenvalue weighted by Crippen LogP contribution is -2.68. The second-order valence-corrected chi connectivity index (χ2v) is 15.2. The molecule has 2 aliphatic rings. The minimum atomic E-state index is -1.26. The van der Waals surface area contributed by atoms with Crippen LogP contribution in [0, 0.1) is 0 Å². The lowest BCUT2D eigenvalue weighted by molar-refractivity contribution is -0.376. The standard InChI is InChI=1S/C49H55NO11/c1-34(52)50-42-45(56-30-37-21-11-4-12-22-37)43(53)41(33-54-28-35-17-7-2-8-18-35)60-48(42)61-49-47(58-32-39-25-15-6-16-26-39)46(57-31-38-23-13-5-14-24-38)44(40(27-51)59-49)55-29-36-19-9-3-10-20-36/h2-26,40-49,51,53H,27-33H2,1H3,(H,50,52)/t40-,41-,42-,43-,44+,45-,46+,47-,48+,49+/m1/s1. The Morgan fingerprint density at radius 3 is 1.36 bits per heavy atom. The highest BCUT2D eigenvalue weighted by atomic mass is 16.8.